The molecule has 1 saturated carbocycles. The Balaban J connectivity index is 1.95. The van der Waals surface area contributed by atoms with Gasteiger partial charge in [0.2, 0.25) is 0 Å². The first kappa shape index (κ1) is 14.4. The molecule has 0 aromatic heterocycles. The molecule has 1 fully saturated rings. The van der Waals surface area contributed by atoms with Crippen LogP contribution < -0.4 is 5.32 Å². The van der Waals surface area contributed by atoms with Crippen molar-refractivity contribution in [3.05, 3.63) is 35.4 Å². The van der Waals surface area contributed by atoms with Crippen LogP contribution in [0.2, 0.25) is 0 Å². The average molecular weight is 277 g/mol. The van der Waals surface area contributed by atoms with E-state index in [4.69, 9.17) is 0 Å². The van der Waals surface area contributed by atoms with Crippen LogP contribution in [0.4, 0.5) is 0 Å². The molecule has 2 rings (SSSR count). The summed E-state index contributed by atoms with van der Waals surface area (Å²) in [6.45, 7) is 2.24. The minimum atomic E-state index is 0.0782. The number of carbonyl (C=O) groups is 1. The van der Waals surface area contributed by atoms with Gasteiger partial charge in [-0.05, 0) is 42.7 Å². The van der Waals surface area contributed by atoms with Crippen molar-refractivity contribution in [2.75, 3.05) is 6.26 Å². The first-order chi connectivity index (χ1) is 9.20. The molecule has 2 atom stereocenters. The number of benzene rings is 1. The molecular weight excluding hydrogens is 254 g/mol. The predicted octanol–water partition coefficient (Wildman–Crippen LogP) is 3.86. The highest BCUT2D eigenvalue weighted by Crippen LogP contribution is 2.24. The molecular formula is C16H23NOS. The highest BCUT2D eigenvalue weighted by Gasteiger charge is 2.23. The smallest absolute Gasteiger partial charge is 0.251 e. The molecule has 1 aliphatic carbocycles. The number of amides is 1. The van der Waals surface area contributed by atoms with Crippen LogP contribution in [0.1, 0.15) is 48.5 Å². The maximum Gasteiger partial charge on any atom is 0.251 e. The van der Waals surface area contributed by atoms with Crippen molar-refractivity contribution in [1.82, 2.24) is 5.32 Å². The van der Waals surface area contributed by atoms with Gasteiger partial charge in [0, 0.05) is 17.4 Å². The van der Waals surface area contributed by atoms with E-state index in [1.807, 2.05) is 12.1 Å². The molecule has 0 spiro atoms. The van der Waals surface area contributed by atoms with Crippen molar-refractivity contribution in [1.29, 1.82) is 0 Å². The van der Waals surface area contributed by atoms with E-state index in [1.54, 1.807) is 11.8 Å². The second-order valence-electron chi connectivity index (χ2n) is 5.47. The second kappa shape index (κ2) is 6.99. The molecule has 0 saturated heterocycles. The molecule has 2 unspecified atom stereocenters. The van der Waals surface area contributed by atoms with Crippen molar-refractivity contribution >= 4 is 17.7 Å². The summed E-state index contributed by atoms with van der Waals surface area (Å²) in [6, 6.07) is 8.33. The highest BCUT2D eigenvalue weighted by atomic mass is 32.2. The van der Waals surface area contributed by atoms with Gasteiger partial charge in [0.1, 0.15) is 0 Å². The van der Waals surface area contributed by atoms with E-state index >= 15 is 0 Å². The molecule has 1 aromatic rings. The quantitative estimate of drug-likeness (QED) is 0.905. The number of rotatable bonds is 4. The second-order valence-corrected chi connectivity index (χ2v) is 6.34. The SMILES string of the molecule is CSCc1ccc(C(=O)NC2CCCCC2C)cc1. The van der Waals surface area contributed by atoms with Crippen LogP contribution in [0.5, 0.6) is 0 Å². The van der Waals surface area contributed by atoms with E-state index in [-0.39, 0.29) is 5.91 Å². The minimum Gasteiger partial charge on any atom is -0.349 e. The van der Waals surface area contributed by atoms with Gasteiger partial charge in [-0.1, -0.05) is 31.9 Å². The zero-order chi connectivity index (χ0) is 13.7. The van der Waals surface area contributed by atoms with Gasteiger partial charge in [0.15, 0.2) is 0 Å². The van der Waals surface area contributed by atoms with Crippen molar-refractivity contribution in [3.8, 4) is 0 Å². The molecule has 1 aromatic carbocycles. The summed E-state index contributed by atoms with van der Waals surface area (Å²) in [5, 5.41) is 3.19. The van der Waals surface area contributed by atoms with Crippen molar-refractivity contribution in [2.24, 2.45) is 5.92 Å². The van der Waals surface area contributed by atoms with E-state index < -0.39 is 0 Å². The summed E-state index contributed by atoms with van der Waals surface area (Å²) < 4.78 is 0. The average Bonchev–Trinajstić information content (AvgIpc) is 2.42. The lowest BCUT2D eigenvalue weighted by molar-refractivity contribution is 0.0910. The van der Waals surface area contributed by atoms with Crippen LogP contribution in [0.3, 0.4) is 0 Å². The fourth-order valence-electron chi connectivity index (χ4n) is 2.70. The Morgan fingerprint density at radius 2 is 1.95 bits per heavy atom. The third-order valence-electron chi connectivity index (χ3n) is 3.96. The van der Waals surface area contributed by atoms with Gasteiger partial charge in [-0.25, -0.2) is 0 Å². The van der Waals surface area contributed by atoms with Crippen LogP contribution in [0.15, 0.2) is 24.3 Å². The Kier molecular flexibility index (Phi) is 5.32. The van der Waals surface area contributed by atoms with E-state index in [0.29, 0.717) is 12.0 Å². The maximum atomic E-state index is 12.2. The van der Waals surface area contributed by atoms with E-state index in [0.717, 1.165) is 17.7 Å². The van der Waals surface area contributed by atoms with Crippen LogP contribution >= 0.6 is 11.8 Å². The molecule has 2 nitrogen and oxygen atoms in total. The molecule has 19 heavy (non-hydrogen) atoms. The first-order valence-electron chi connectivity index (χ1n) is 7.09. The summed E-state index contributed by atoms with van der Waals surface area (Å²) in [4.78, 5) is 12.2. The molecule has 0 heterocycles. The van der Waals surface area contributed by atoms with Gasteiger partial charge in [-0.3, -0.25) is 4.79 Å². The summed E-state index contributed by atoms with van der Waals surface area (Å²) in [7, 11) is 0. The molecule has 1 aliphatic rings. The van der Waals surface area contributed by atoms with Gasteiger partial charge in [0.05, 0.1) is 0 Å². The van der Waals surface area contributed by atoms with Gasteiger partial charge < -0.3 is 5.32 Å². The molecule has 1 N–H and O–H groups in total. The molecule has 3 heteroatoms. The summed E-state index contributed by atoms with van der Waals surface area (Å²) >= 11 is 1.80. The van der Waals surface area contributed by atoms with Gasteiger partial charge in [0.25, 0.3) is 5.91 Å². The number of carbonyl (C=O) groups excluding carboxylic acids is 1. The van der Waals surface area contributed by atoms with E-state index in [2.05, 4.69) is 30.6 Å². The summed E-state index contributed by atoms with van der Waals surface area (Å²) in [5.41, 5.74) is 2.05. The fraction of sp³-hybridized carbons (Fsp3) is 0.562. The lowest BCUT2D eigenvalue weighted by atomic mass is 9.86. The molecule has 0 radical (unpaired) electrons. The van der Waals surface area contributed by atoms with Gasteiger partial charge in [-0.15, -0.1) is 0 Å². The molecule has 1 amide bonds. The van der Waals surface area contributed by atoms with E-state index in [9.17, 15) is 4.79 Å². The normalized spacial score (nSPS) is 23.1. The number of hydrogen-bond donors (Lipinski definition) is 1. The first-order valence-corrected chi connectivity index (χ1v) is 8.49. The molecule has 0 bridgehead atoms. The van der Waals surface area contributed by atoms with Crippen LogP contribution in [0.25, 0.3) is 0 Å². The van der Waals surface area contributed by atoms with Gasteiger partial charge in [-0.2, -0.15) is 11.8 Å². The zero-order valence-electron chi connectivity index (χ0n) is 11.8. The van der Waals surface area contributed by atoms with E-state index in [1.165, 1.54) is 24.8 Å². The Morgan fingerprint density at radius 1 is 1.26 bits per heavy atom. The third-order valence-corrected chi connectivity index (χ3v) is 4.58. The van der Waals surface area contributed by atoms with Crippen LogP contribution in [-0.4, -0.2) is 18.2 Å². The third kappa shape index (κ3) is 4.00. The maximum absolute atomic E-state index is 12.2. The highest BCUT2D eigenvalue weighted by molar-refractivity contribution is 7.97. The Hall–Kier alpha value is -0.960. The monoisotopic (exact) mass is 277 g/mol. The largest absolute Gasteiger partial charge is 0.349 e. The van der Waals surface area contributed by atoms with Crippen LogP contribution in [0, 0.1) is 5.92 Å². The molecule has 104 valence electrons. The van der Waals surface area contributed by atoms with Crippen molar-refractivity contribution in [2.45, 2.75) is 44.4 Å². The minimum absolute atomic E-state index is 0.0782. The Labute approximate surface area is 120 Å². The number of hydrogen-bond acceptors (Lipinski definition) is 2. The zero-order valence-corrected chi connectivity index (χ0v) is 12.6. The van der Waals surface area contributed by atoms with Crippen molar-refractivity contribution in [3.63, 3.8) is 0 Å². The Bertz CT molecular complexity index is 415. The lowest BCUT2D eigenvalue weighted by Gasteiger charge is -2.29. The summed E-state index contributed by atoms with van der Waals surface area (Å²) in [5.74, 6) is 1.68. The summed E-state index contributed by atoms with van der Waals surface area (Å²) in [6.07, 6.45) is 6.99. The lowest BCUT2D eigenvalue weighted by Crippen LogP contribution is -2.41. The standard InChI is InChI=1S/C16H23NOS/c1-12-5-3-4-6-15(12)17-16(18)14-9-7-13(8-10-14)11-19-2/h7-10,12,15H,3-6,11H2,1-2H3,(H,17,18). The number of thioether (sulfide) groups is 1. The predicted molar refractivity (Wildman–Crippen MR) is 82.5 cm³/mol. The topological polar surface area (TPSA) is 29.1 Å². The van der Waals surface area contributed by atoms with Crippen molar-refractivity contribution < 1.29 is 4.79 Å². The molecule has 0 aliphatic heterocycles. The number of nitrogens with one attached hydrogen (secondary N) is 1. The Morgan fingerprint density at radius 3 is 2.58 bits per heavy atom. The van der Waals surface area contributed by atoms with Crippen LogP contribution in [-0.2, 0) is 5.75 Å². The van der Waals surface area contributed by atoms with Gasteiger partial charge >= 0.3 is 0 Å². The fourth-order valence-corrected chi connectivity index (χ4v) is 3.23.